The number of rotatable bonds is 4. The van der Waals surface area contributed by atoms with E-state index in [-0.39, 0.29) is 23.4 Å². The molecule has 0 aliphatic rings. The molecule has 2 aromatic heterocycles. The van der Waals surface area contributed by atoms with E-state index in [1.807, 2.05) is 0 Å². The van der Waals surface area contributed by atoms with Crippen molar-refractivity contribution in [1.82, 2.24) is 9.38 Å². The molecule has 2 rings (SSSR count). The van der Waals surface area contributed by atoms with Gasteiger partial charge in [0.1, 0.15) is 5.54 Å². The lowest BCUT2D eigenvalue weighted by molar-refractivity contribution is -0.141. The molecule has 118 valence electrons. The molecule has 0 amide bonds. The quantitative estimate of drug-likeness (QED) is 0.788. The molecule has 8 heteroatoms. The van der Waals surface area contributed by atoms with Crippen molar-refractivity contribution < 1.29 is 19.4 Å². The SMILES string of the molecule is CCc1nc2c(F)cc(NC(C)(C)C(=O)O)cn2c(=O)c1O. The monoisotopic (exact) mass is 309 g/mol. The number of aryl methyl sites for hydroxylation is 1. The second-order valence-corrected chi connectivity index (χ2v) is 5.39. The summed E-state index contributed by atoms with van der Waals surface area (Å²) < 4.78 is 15.0. The first-order valence-corrected chi connectivity index (χ1v) is 6.62. The third-order valence-electron chi connectivity index (χ3n) is 3.25. The van der Waals surface area contributed by atoms with Crippen LogP contribution in [0.5, 0.6) is 5.75 Å². The number of pyridine rings is 1. The average Bonchev–Trinajstić information content (AvgIpc) is 2.43. The Morgan fingerprint density at radius 1 is 1.50 bits per heavy atom. The van der Waals surface area contributed by atoms with Crippen molar-refractivity contribution in [2.24, 2.45) is 0 Å². The Morgan fingerprint density at radius 3 is 2.68 bits per heavy atom. The molecule has 0 saturated heterocycles. The second kappa shape index (κ2) is 5.28. The third kappa shape index (κ3) is 2.59. The molecule has 0 spiro atoms. The van der Waals surface area contributed by atoms with Crippen LogP contribution in [-0.4, -0.2) is 31.1 Å². The summed E-state index contributed by atoms with van der Waals surface area (Å²) in [5, 5.41) is 21.5. The van der Waals surface area contributed by atoms with Gasteiger partial charge in [-0.3, -0.25) is 9.20 Å². The van der Waals surface area contributed by atoms with Gasteiger partial charge in [-0.2, -0.15) is 0 Å². The lowest BCUT2D eigenvalue weighted by Gasteiger charge is -2.22. The number of nitrogens with zero attached hydrogens (tertiary/aromatic N) is 2. The highest BCUT2D eigenvalue weighted by atomic mass is 19.1. The minimum atomic E-state index is -1.36. The van der Waals surface area contributed by atoms with Crippen LogP contribution in [0.1, 0.15) is 26.5 Å². The molecule has 2 aromatic rings. The van der Waals surface area contributed by atoms with E-state index in [9.17, 15) is 19.1 Å². The highest BCUT2D eigenvalue weighted by molar-refractivity contribution is 5.81. The first kappa shape index (κ1) is 15.7. The van der Waals surface area contributed by atoms with Crippen molar-refractivity contribution in [3.8, 4) is 5.75 Å². The van der Waals surface area contributed by atoms with Gasteiger partial charge >= 0.3 is 5.97 Å². The lowest BCUT2D eigenvalue weighted by Crippen LogP contribution is -2.40. The smallest absolute Gasteiger partial charge is 0.328 e. The van der Waals surface area contributed by atoms with Gasteiger partial charge in [-0.15, -0.1) is 0 Å². The Kier molecular flexibility index (Phi) is 3.78. The van der Waals surface area contributed by atoms with Gasteiger partial charge in [-0.1, -0.05) is 6.92 Å². The summed E-state index contributed by atoms with van der Waals surface area (Å²) in [7, 11) is 0. The van der Waals surface area contributed by atoms with E-state index in [0.717, 1.165) is 10.5 Å². The van der Waals surface area contributed by atoms with Crippen LogP contribution in [0, 0.1) is 5.82 Å². The summed E-state index contributed by atoms with van der Waals surface area (Å²) in [4.78, 5) is 27.1. The second-order valence-electron chi connectivity index (χ2n) is 5.39. The molecule has 0 unspecified atom stereocenters. The van der Waals surface area contributed by atoms with E-state index in [0.29, 0.717) is 0 Å². The lowest BCUT2D eigenvalue weighted by atomic mass is 10.1. The van der Waals surface area contributed by atoms with Crippen LogP contribution in [0.4, 0.5) is 10.1 Å². The first-order chi connectivity index (χ1) is 10.2. The zero-order valence-electron chi connectivity index (χ0n) is 12.3. The fraction of sp³-hybridized carbons (Fsp3) is 0.357. The van der Waals surface area contributed by atoms with Crippen molar-refractivity contribution in [3.63, 3.8) is 0 Å². The first-order valence-electron chi connectivity index (χ1n) is 6.62. The number of nitrogens with one attached hydrogen (secondary N) is 1. The number of aromatic hydroxyl groups is 1. The largest absolute Gasteiger partial charge is 0.502 e. The molecule has 2 heterocycles. The van der Waals surface area contributed by atoms with Gasteiger partial charge in [0.15, 0.2) is 11.5 Å². The number of carbonyl (C=O) groups is 1. The minimum absolute atomic E-state index is 0.0879. The molecule has 0 radical (unpaired) electrons. The molecule has 0 aliphatic heterocycles. The van der Waals surface area contributed by atoms with Crippen molar-refractivity contribution in [2.75, 3.05) is 5.32 Å². The van der Waals surface area contributed by atoms with Gasteiger partial charge in [-0.25, -0.2) is 14.2 Å². The molecule has 22 heavy (non-hydrogen) atoms. The summed E-state index contributed by atoms with van der Waals surface area (Å²) >= 11 is 0. The molecule has 0 atom stereocenters. The fourth-order valence-electron chi connectivity index (χ4n) is 1.96. The number of fused-ring (bicyclic) bond motifs is 1. The normalized spacial score (nSPS) is 11.6. The number of aromatic nitrogens is 2. The predicted octanol–water partition coefficient (Wildman–Crippen LogP) is 1.38. The van der Waals surface area contributed by atoms with Gasteiger partial charge in [0, 0.05) is 12.3 Å². The van der Waals surface area contributed by atoms with Gasteiger partial charge in [0.25, 0.3) is 5.56 Å². The molecule has 0 saturated carbocycles. The molecule has 0 fully saturated rings. The Bertz CT molecular complexity index is 814. The summed E-state index contributed by atoms with van der Waals surface area (Å²) in [5.41, 5.74) is -2.20. The van der Waals surface area contributed by atoms with Crippen molar-refractivity contribution >= 4 is 17.3 Å². The topological polar surface area (TPSA) is 104 Å². The number of halogens is 1. The Labute approximate surface area is 125 Å². The van der Waals surface area contributed by atoms with Gasteiger partial charge in [0.05, 0.1) is 11.4 Å². The molecular weight excluding hydrogens is 293 g/mol. The zero-order valence-corrected chi connectivity index (χ0v) is 12.3. The van der Waals surface area contributed by atoms with Crippen molar-refractivity contribution in [1.29, 1.82) is 0 Å². The van der Waals surface area contributed by atoms with Crippen LogP contribution < -0.4 is 10.9 Å². The minimum Gasteiger partial charge on any atom is -0.502 e. The highest BCUT2D eigenvalue weighted by Gasteiger charge is 2.27. The van der Waals surface area contributed by atoms with E-state index in [2.05, 4.69) is 10.3 Å². The van der Waals surface area contributed by atoms with E-state index in [1.165, 1.54) is 20.0 Å². The number of carboxylic acids is 1. The zero-order chi connectivity index (χ0) is 16.7. The average molecular weight is 309 g/mol. The molecule has 0 bridgehead atoms. The van der Waals surface area contributed by atoms with Crippen LogP contribution in [0.15, 0.2) is 17.1 Å². The van der Waals surface area contributed by atoms with Crippen LogP contribution in [-0.2, 0) is 11.2 Å². The van der Waals surface area contributed by atoms with E-state index >= 15 is 0 Å². The summed E-state index contributed by atoms with van der Waals surface area (Å²) in [5.74, 6) is -2.48. The van der Waals surface area contributed by atoms with Gasteiger partial charge in [-0.05, 0) is 20.3 Å². The van der Waals surface area contributed by atoms with Crippen LogP contribution in [0.25, 0.3) is 5.65 Å². The number of aliphatic carboxylic acids is 1. The molecule has 0 aliphatic carbocycles. The maximum Gasteiger partial charge on any atom is 0.328 e. The van der Waals surface area contributed by atoms with Crippen LogP contribution >= 0.6 is 0 Å². The maximum atomic E-state index is 14.2. The maximum absolute atomic E-state index is 14.2. The third-order valence-corrected chi connectivity index (χ3v) is 3.25. The standard InChI is InChI=1S/C14H16FN3O4/c1-4-9-10(19)12(20)18-6-7(5-8(15)11(18)16-9)17-14(2,3)13(21)22/h5-6,17,19H,4H2,1-3H3,(H,21,22). The van der Waals surface area contributed by atoms with Gasteiger partial charge in [0.2, 0.25) is 5.75 Å². The fourth-order valence-corrected chi connectivity index (χ4v) is 1.96. The Balaban J connectivity index is 2.66. The summed E-state index contributed by atoms with van der Waals surface area (Å²) in [6, 6.07) is 1.06. The van der Waals surface area contributed by atoms with Crippen LogP contribution in [0.3, 0.4) is 0 Å². The Hall–Kier alpha value is -2.64. The van der Waals surface area contributed by atoms with Crippen LogP contribution in [0.2, 0.25) is 0 Å². The van der Waals surface area contributed by atoms with E-state index < -0.39 is 28.6 Å². The van der Waals surface area contributed by atoms with Gasteiger partial charge < -0.3 is 15.5 Å². The molecule has 0 aromatic carbocycles. The molecule has 3 N–H and O–H groups in total. The number of hydrogen-bond acceptors (Lipinski definition) is 5. The Morgan fingerprint density at radius 2 is 2.14 bits per heavy atom. The highest BCUT2D eigenvalue weighted by Crippen LogP contribution is 2.20. The molecule has 7 nitrogen and oxygen atoms in total. The summed E-state index contributed by atoms with van der Waals surface area (Å²) in [6.45, 7) is 4.48. The van der Waals surface area contributed by atoms with Crippen molar-refractivity contribution in [3.05, 3.63) is 34.1 Å². The number of hydrogen-bond donors (Lipinski definition) is 3. The summed E-state index contributed by atoms with van der Waals surface area (Å²) in [6.07, 6.45) is 1.49. The number of carboxylic acid groups (broad SMARTS) is 1. The van der Waals surface area contributed by atoms with E-state index in [1.54, 1.807) is 6.92 Å². The van der Waals surface area contributed by atoms with Crippen molar-refractivity contribution in [2.45, 2.75) is 32.7 Å². The number of anilines is 1. The van der Waals surface area contributed by atoms with E-state index in [4.69, 9.17) is 5.11 Å². The molecular formula is C14H16FN3O4. The predicted molar refractivity (Wildman–Crippen MR) is 77.8 cm³/mol.